The summed E-state index contributed by atoms with van der Waals surface area (Å²) in [7, 11) is -2.54. The van der Waals surface area contributed by atoms with Gasteiger partial charge in [0.15, 0.2) is 0 Å². The number of nitrogens with one attached hydrogen (secondary N) is 1. The van der Waals surface area contributed by atoms with Crippen LogP contribution in [0.1, 0.15) is 34.8 Å². The number of benzene rings is 1. The highest BCUT2D eigenvalue weighted by Crippen LogP contribution is 2.38. The van der Waals surface area contributed by atoms with Crippen LogP contribution in [-0.4, -0.2) is 37.8 Å². The minimum atomic E-state index is -3.89. The number of rotatable bonds is 8. The van der Waals surface area contributed by atoms with E-state index in [1.165, 1.54) is 30.0 Å². The zero-order valence-electron chi connectivity index (χ0n) is 14.7. The molecule has 27 heavy (non-hydrogen) atoms. The van der Waals surface area contributed by atoms with Crippen LogP contribution in [0.4, 0.5) is 0 Å². The molecule has 1 amide bonds. The van der Waals surface area contributed by atoms with Crippen molar-refractivity contribution < 1.29 is 17.9 Å². The highest BCUT2D eigenvalue weighted by Gasteiger charge is 2.25. The molecule has 3 N–H and O–H groups in total. The number of ether oxygens (including phenoxy) is 1. The largest absolute Gasteiger partial charge is 0.496 e. The number of carbonyl (C=O) groups is 1. The lowest BCUT2D eigenvalue weighted by Crippen LogP contribution is -2.32. The molecule has 3 rings (SSSR count). The van der Waals surface area contributed by atoms with E-state index in [2.05, 4.69) is 9.82 Å². The Bertz CT molecular complexity index is 1030. The van der Waals surface area contributed by atoms with E-state index < -0.39 is 15.9 Å². The Morgan fingerprint density at radius 1 is 1.33 bits per heavy atom. The van der Waals surface area contributed by atoms with E-state index in [0.717, 1.165) is 24.6 Å². The van der Waals surface area contributed by atoms with Gasteiger partial charge in [-0.05, 0) is 37.1 Å². The monoisotopic (exact) mass is 392 g/mol. The molecule has 0 atom stereocenters. The average molecular weight is 392 g/mol. The zero-order chi connectivity index (χ0) is 19.6. The van der Waals surface area contributed by atoms with Gasteiger partial charge in [-0.25, -0.2) is 17.8 Å². The van der Waals surface area contributed by atoms with E-state index in [0.29, 0.717) is 5.92 Å². The summed E-state index contributed by atoms with van der Waals surface area (Å²) in [4.78, 5) is 23.2. The molecule has 0 radical (unpaired) electrons. The molecule has 1 heterocycles. The van der Waals surface area contributed by atoms with Crippen LogP contribution < -0.4 is 20.8 Å². The smallest absolute Gasteiger partial charge is 0.266 e. The summed E-state index contributed by atoms with van der Waals surface area (Å²) in [5.74, 6) is -0.217. The Morgan fingerprint density at radius 3 is 2.70 bits per heavy atom. The fraction of sp³-hybridized carbons (Fsp3) is 0.353. The van der Waals surface area contributed by atoms with E-state index in [1.54, 1.807) is 6.07 Å². The first-order chi connectivity index (χ1) is 12.8. The average Bonchev–Trinajstić information content (AvgIpc) is 3.47. The van der Waals surface area contributed by atoms with Gasteiger partial charge in [0, 0.05) is 18.5 Å². The molecule has 0 bridgehead atoms. The van der Waals surface area contributed by atoms with E-state index in [1.807, 2.05) is 0 Å². The molecule has 1 aromatic carbocycles. The Balaban J connectivity index is 1.72. The van der Waals surface area contributed by atoms with Gasteiger partial charge in [-0.2, -0.15) is 5.10 Å². The predicted octanol–water partition coefficient (Wildman–Crippen LogP) is 0.207. The van der Waals surface area contributed by atoms with E-state index in [4.69, 9.17) is 10.5 Å². The van der Waals surface area contributed by atoms with Crippen molar-refractivity contribution in [3.05, 3.63) is 51.9 Å². The maximum Gasteiger partial charge on any atom is 0.266 e. The minimum Gasteiger partial charge on any atom is -0.496 e. The molecule has 1 fully saturated rings. The number of nitrogens with two attached hydrogens (primary N) is 1. The molecular formula is C17H20N4O5S. The molecule has 9 nitrogen and oxygen atoms in total. The SMILES string of the molecule is COc1ccc(S(=O)(=O)NCCn2nc(C3CC3)ccc2=O)cc1C(N)=O. The maximum atomic E-state index is 12.5. The third kappa shape index (κ3) is 4.34. The number of hydrogen-bond donors (Lipinski definition) is 2. The fourth-order valence-electron chi connectivity index (χ4n) is 2.64. The van der Waals surface area contributed by atoms with E-state index >= 15 is 0 Å². The number of sulfonamides is 1. The van der Waals surface area contributed by atoms with Crippen molar-refractivity contribution in [2.45, 2.75) is 30.2 Å². The van der Waals surface area contributed by atoms with Crippen LogP contribution in [0.3, 0.4) is 0 Å². The van der Waals surface area contributed by atoms with E-state index in [-0.39, 0.29) is 34.9 Å². The molecule has 2 aromatic rings. The standard InChI is InChI=1S/C17H20N4O5S/c1-26-15-6-4-12(10-13(15)17(18)23)27(24,25)19-8-9-21-16(22)7-5-14(20-21)11-2-3-11/h4-7,10-11,19H,2-3,8-9H2,1H3,(H2,18,23). The summed E-state index contributed by atoms with van der Waals surface area (Å²) in [5, 5.41) is 4.28. The third-order valence-electron chi connectivity index (χ3n) is 4.25. The molecule has 1 aliphatic carbocycles. The Hall–Kier alpha value is -2.72. The lowest BCUT2D eigenvalue weighted by molar-refractivity contribution is 0.0997. The molecule has 144 valence electrons. The van der Waals surface area contributed by atoms with Gasteiger partial charge >= 0.3 is 0 Å². The second kappa shape index (κ2) is 7.49. The second-order valence-electron chi connectivity index (χ2n) is 6.22. The second-order valence-corrected chi connectivity index (χ2v) is 7.98. The predicted molar refractivity (Wildman–Crippen MR) is 97.2 cm³/mol. The Morgan fingerprint density at radius 2 is 2.07 bits per heavy atom. The highest BCUT2D eigenvalue weighted by molar-refractivity contribution is 7.89. The summed E-state index contributed by atoms with van der Waals surface area (Å²) in [6.07, 6.45) is 2.11. The van der Waals surface area contributed by atoms with Crippen molar-refractivity contribution in [1.82, 2.24) is 14.5 Å². The van der Waals surface area contributed by atoms with E-state index in [9.17, 15) is 18.0 Å². The first kappa shape index (κ1) is 19.1. The van der Waals surface area contributed by atoms with Crippen LogP contribution in [0, 0.1) is 0 Å². The molecule has 1 aliphatic rings. The summed E-state index contributed by atoms with van der Waals surface area (Å²) < 4.78 is 33.6. The van der Waals surface area contributed by atoms with Crippen LogP contribution in [0.5, 0.6) is 5.75 Å². The minimum absolute atomic E-state index is 0.0265. The van der Waals surface area contributed by atoms with Gasteiger partial charge in [-0.15, -0.1) is 0 Å². The molecule has 10 heteroatoms. The number of nitrogens with zero attached hydrogens (tertiary/aromatic N) is 2. The van der Waals surface area contributed by atoms with Gasteiger partial charge < -0.3 is 10.5 Å². The topological polar surface area (TPSA) is 133 Å². The summed E-state index contributed by atoms with van der Waals surface area (Å²) in [6.45, 7) is 0.0682. The molecule has 0 saturated heterocycles. The van der Waals surface area contributed by atoms with Crippen molar-refractivity contribution in [3.63, 3.8) is 0 Å². The molecular weight excluding hydrogens is 372 g/mol. The lowest BCUT2D eigenvalue weighted by atomic mass is 10.2. The van der Waals surface area contributed by atoms with Crippen LogP contribution in [0.2, 0.25) is 0 Å². The lowest BCUT2D eigenvalue weighted by Gasteiger charge is -2.11. The quantitative estimate of drug-likeness (QED) is 0.659. The third-order valence-corrected chi connectivity index (χ3v) is 5.70. The van der Waals surface area contributed by atoms with Crippen molar-refractivity contribution in [2.24, 2.45) is 5.73 Å². The van der Waals surface area contributed by atoms with Gasteiger partial charge in [0.2, 0.25) is 10.0 Å². The van der Waals surface area contributed by atoms with Crippen molar-refractivity contribution >= 4 is 15.9 Å². The first-order valence-electron chi connectivity index (χ1n) is 8.37. The number of methoxy groups -OCH3 is 1. The molecule has 0 aliphatic heterocycles. The van der Waals surface area contributed by atoms with Gasteiger partial charge in [0.25, 0.3) is 11.5 Å². The Kier molecular flexibility index (Phi) is 5.29. The number of aromatic nitrogens is 2. The maximum absolute atomic E-state index is 12.5. The normalized spacial score (nSPS) is 14.1. The highest BCUT2D eigenvalue weighted by atomic mass is 32.2. The van der Waals surface area contributed by atoms with Crippen LogP contribution in [0.15, 0.2) is 40.0 Å². The molecule has 1 aromatic heterocycles. The van der Waals surface area contributed by atoms with Crippen molar-refractivity contribution in [2.75, 3.05) is 13.7 Å². The number of carbonyl (C=O) groups excluding carboxylic acids is 1. The number of primary amides is 1. The number of amides is 1. The first-order valence-corrected chi connectivity index (χ1v) is 9.85. The van der Waals surface area contributed by atoms with Crippen LogP contribution in [-0.2, 0) is 16.6 Å². The van der Waals surface area contributed by atoms with Gasteiger partial charge in [0.1, 0.15) is 5.75 Å². The number of hydrogen-bond acceptors (Lipinski definition) is 6. The summed E-state index contributed by atoms with van der Waals surface area (Å²) >= 11 is 0. The summed E-state index contributed by atoms with van der Waals surface area (Å²) in [6, 6.07) is 6.98. The molecule has 0 unspecified atom stereocenters. The van der Waals surface area contributed by atoms with Gasteiger partial charge in [0.05, 0.1) is 29.8 Å². The Labute approximate surface area is 156 Å². The van der Waals surface area contributed by atoms with Crippen LogP contribution in [0.25, 0.3) is 0 Å². The summed E-state index contributed by atoms with van der Waals surface area (Å²) in [5.41, 5.74) is 5.78. The van der Waals surface area contributed by atoms with Crippen LogP contribution >= 0.6 is 0 Å². The van der Waals surface area contributed by atoms with Gasteiger partial charge in [-0.3, -0.25) is 9.59 Å². The van der Waals surface area contributed by atoms with Crippen molar-refractivity contribution in [3.8, 4) is 5.75 Å². The molecule has 0 spiro atoms. The fourth-order valence-corrected chi connectivity index (χ4v) is 3.68. The zero-order valence-corrected chi connectivity index (χ0v) is 15.5. The molecule has 1 saturated carbocycles. The van der Waals surface area contributed by atoms with Crippen molar-refractivity contribution in [1.29, 1.82) is 0 Å². The van der Waals surface area contributed by atoms with Gasteiger partial charge in [-0.1, -0.05) is 0 Å².